The quantitative estimate of drug-likeness (QED) is 0.762. The number of ether oxygens (including phenoxy) is 1. The van der Waals surface area contributed by atoms with Gasteiger partial charge in [0.15, 0.2) is 0 Å². The normalized spacial score (nSPS) is 12.8. The van der Waals surface area contributed by atoms with Crippen molar-refractivity contribution in [2.45, 2.75) is 39.1 Å². The molecule has 1 N–H and O–H groups in total. The third-order valence-corrected chi connectivity index (χ3v) is 3.69. The van der Waals surface area contributed by atoms with Crippen LogP contribution in [0.1, 0.15) is 25.0 Å². The van der Waals surface area contributed by atoms with Crippen LogP contribution in [-0.4, -0.2) is 35.4 Å². The van der Waals surface area contributed by atoms with Gasteiger partial charge in [0.1, 0.15) is 5.82 Å². The number of benzene rings is 2. The third-order valence-electron chi connectivity index (χ3n) is 3.69. The Kier molecular flexibility index (Phi) is 7.37. The van der Waals surface area contributed by atoms with Gasteiger partial charge in [-0.05, 0) is 25.5 Å². The molecule has 3 nitrogen and oxygen atoms in total. The molecule has 24 heavy (non-hydrogen) atoms. The lowest BCUT2D eigenvalue weighted by Crippen LogP contribution is -2.35. The molecule has 0 amide bonds. The summed E-state index contributed by atoms with van der Waals surface area (Å²) in [6, 6.07) is 16.8. The molecule has 0 spiro atoms. The van der Waals surface area contributed by atoms with Gasteiger partial charge in [0, 0.05) is 25.2 Å². The van der Waals surface area contributed by atoms with Gasteiger partial charge in [-0.15, -0.1) is 0 Å². The minimum atomic E-state index is -0.608. The summed E-state index contributed by atoms with van der Waals surface area (Å²) >= 11 is 0. The first-order valence-electron chi connectivity index (χ1n) is 8.34. The van der Waals surface area contributed by atoms with Crippen molar-refractivity contribution < 1.29 is 14.2 Å². The van der Waals surface area contributed by atoms with Crippen LogP contribution >= 0.6 is 0 Å². The molecule has 2 aromatic carbocycles. The van der Waals surface area contributed by atoms with Crippen molar-refractivity contribution in [3.8, 4) is 0 Å². The van der Waals surface area contributed by atoms with Crippen LogP contribution in [0.2, 0.25) is 0 Å². The van der Waals surface area contributed by atoms with Crippen molar-refractivity contribution in [3.05, 3.63) is 71.5 Å². The molecule has 0 aliphatic rings. The van der Waals surface area contributed by atoms with Crippen LogP contribution in [0.25, 0.3) is 0 Å². The number of halogens is 1. The van der Waals surface area contributed by atoms with Crippen molar-refractivity contribution >= 4 is 0 Å². The molecule has 0 aliphatic carbocycles. The molecule has 4 heteroatoms. The number of hydrogen-bond acceptors (Lipinski definition) is 3. The SMILES string of the molecule is CC(C)OCC(O)CN(Cc1ccccc1)Cc1ccccc1F. The minimum absolute atomic E-state index is 0.0776. The van der Waals surface area contributed by atoms with E-state index >= 15 is 0 Å². The molecule has 0 heterocycles. The smallest absolute Gasteiger partial charge is 0.127 e. The summed E-state index contributed by atoms with van der Waals surface area (Å²) in [5.41, 5.74) is 1.76. The molecule has 2 rings (SSSR count). The predicted octanol–water partition coefficient (Wildman–Crippen LogP) is 3.61. The zero-order chi connectivity index (χ0) is 17.4. The Morgan fingerprint density at radius 1 is 1.00 bits per heavy atom. The van der Waals surface area contributed by atoms with Crippen molar-refractivity contribution in [2.75, 3.05) is 13.2 Å². The fraction of sp³-hybridized carbons (Fsp3) is 0.400. The zero-order valence-corrected chi connectivity index (χ0v) is 14.4. The first kappa shape index (κ1) is 18.6. The van der Waals surface area contributed by atoms with Crippen molar-refractivity contribution in [1.82, 2.24) is 4.90 Å². The lowest BCUT2D eigenvalue weighted by Gasteiger charge is -2.26. The summed E-state index contributed by atoms with van der Waals surface area (Å²) in [5.74, 6) is -0.219. The van der Waals surface area contributed by atoms with Gasteiger partial charge in [-0.1, -0.05) is 48.5 Å². The second kappa shape index (κ2) is 9.52. The number of hydrogen-bond donors (Lipinski definition) is 1. The van der Waals surface area contributed by atoms with E-state index in [1.54, 1.807) is 12.1 Å². The van der Waals surface area contributed by atoms with E-state index < -0.39 is 6.10 Å². The lowest BCUT2D eigenvalue weighted by molar-refractivity contribution is -0.0107. The van der Waals surface area contributed by atoms with E-state index in [-0.39, 0.29) is 18.5 Å². The molecule has 0 saturated heterocycles. The molecule has 0 fully saturated rings. The Balaban J connectivity index is 2.04. The number of aliphatic hydroxyl groups excluding tert-OH is 1. The van der Waals surface area contributed by atoms with E-state index in [0.29, 0.717) is 25.2 Å². The molecular weight excluding hydrogens is 305 g/mol. The van der Waals surface area contributed by atoms with Crippen LogP contribution < -0.4 is 0 Å². The van der Waals surface area contributed by atoms with E-state index in [0.717, 1.165) is 5.56 Å². The van der Waals surface area contributed by atoms with E-state index in [2.05, 4.69) is 0 Å². The summed E-state index contributed by atoms with van der Waals surface area (Å²) in [7, 11) is 0. The van der Waals surface area contributed by atoms with Gasteiger partial charge in [0.25, 0.3) is 0 Å². The molecule has 0 bridgehead atoms. The first-order valence-corrected chi connectivity index (χ1v) is 8.34. The average molecular weight is 331 g/mol. The van der Waals surface area contributed by atoms with Crippen molar-refractivity contribution in [3.63, 3.8) is 0 Å². The monoisotopic (exact) mass is 331 g/mol. The Hall–Kier alpha value is -1.75. The Morgan fingerprint density at radius 2 is 1.67 bits per heavy atom. The van der Waals surface area contributed by atoms with E-state index in [1.807, 2.05) is 55.1 Å². The molecule has 0 aliphatic heterocycles. The summed E-state index contributed by atoms with van der Waals surface area (Å²) in [6.45, 7) is 5.67. The maximum absolute atomic E-state index is 14.0. The zero-order valence-electron chi connectivity index (χ0n) is 14.4. The van der Waals surface area contributed by atoms with Crippen LogP contribution in [0.4, 0.5) is 4.39 Å². The van der Waals surface area contributed by atoms with Gasteiger partial charge in [-0.25, -0.2) is 4.39 Å². The fourth-order valence-corrected chi connectivity index (χ4v) is 2.55. The average Bonchev–Trinajstić information content (AvgIpc) is 2.56. The van der Waals surface area contributed by atoms with E-state index in [9.17, 15) is 9.50 Å². The van der Waals surface area contributed by atoms with E-state index in [1.165, 1.54) is 6.07 Å². The second-order valence-electron chi connectivity index (χ2n) is 6.28. The van der Waals surface area contributed by atoms with Gasteiger partial charge in [0.2, 0.25) is 0 Å². The highest BCUT2D eigenvalue weighted by Crippen LogP contribution is 2.14. The molecule has 1 atom stereocenters. The van der Waals surface area contributed by atoms with E-state index in [4.69, 9.17) is 4.74 Å². The summed E-state index contributed by atoms with van der Waals surface area (Å²) in [6.07, 6.45) is -0.531. The Labute approximate surface area is 143 Å². The summed E-state index contributed by atoms with van der Waals surface area (Å²) < 4.78 is 19.4. The second-order valence-corrected chi connectivity index (χ2v) is 6.28. The van der Waals surface area contributed by atoms with Crippen LogP contribution in [-0.2, 0) is 17.8 Å². The first-order chi connectivity index (χ1) is 11.5. The maximum atomic E-state index is 14.0. The highest BCUT2D eigenvalue weighted by Gasteiger charge is 2.15. The molecule has 2 aromatic rings. The lowest BCUT2D eigenvalue weighted by atomic mass is 10.1. The minimum Gasteiger partial charge on any atom is -0.389 e. The molecule has 0 aromatic heterocycles. The maximum Gasteiger partial charge on any atom is 0.127 e. The standard InChI is InChI=1S/C20H26FNO2/c1-16(2)24-15-19(23)14-22(12-17-8-4-3-5-9-17)13-18-10-6-7-11-20(18)21/h3-11,16,19,23H,12-15H2,1-2H3. The molecule has 0 radical (unpaired) electrons. The number of aliphatic hydroxyl groups is 1. The number of nitrogens with zero attached hydrogens (tertiary/aromatic N) is 1. The molecule has 1 unspecified atom stereocenters. The van der Waals surface area contributed by atoms with Crippen LogP contribution in [0, 0.1) is 5.82 Å². The number of rotatable bonds is 9. The summed E-state index contributed by atoms with van der Waals surface area (Å²) in [5, 5.41) is 10.2. The van der Waals surface area contributed by atoms with Crippen LogP contribution in [0.15, 0.2) is 54.6 Å². The third kappa shape index (κ3) is 6.40. The van der Waals surface area contributed by atoms with Crippen molar-refractivity contribution in [2.24, 2.45) is 0 Å². The highest BCUT2D eigenvalue weighted by atomic mass is 19.1. The fourth-order valence-electron chi connectivity index (χ4n) is 2.55. The molecule has 130 valence electrons. The molecular formula is C20H26FNO2. The van der Waals surface area contributed by atoms with Gasteiger partial charge in [-0.3, -0.25) is 4.90 Å². The topological polar surface area (TPSA) is 32.7 Å². The van der Waals surface area contributed by atoms with Crippen LogP contribution in [0.5, 0.6) is 0 Å². The molecule has 0 saturated carbocycles. The Bertz CT molecular complexity index is 604. The van der Waals surface area contributed by atoms with Crippen molar-refractivity contribution in [1.29, 1.82) is 0 Å². The highest BCUT2D eigenvalue weighted by molar-refractivity contribution is 5.18. The van der Waals surface area contributed by atoms with Gasteiger partial charge in [0.05, 0.1) is 18.8 Å². The predicted molar refractivity (Wildman–Crippen MR) is 94.1 cm³/mol. The largest absolute Gasteiger partial charge is 0.389 e. The van der Waals surface area contributed by atoms with Gasteiger partial charge >= 0.3 is 0 Å². The van der Waals surface area contributed by atoms with Crippen LogP contribution in [0.3, 0.4) is 0 Å². The van der Waals surface area contributed by atoms with Gasteiger partial charge < -0.3 is 9.84 Å². The van der Waals surface area contributed by atoms with Gasteiger partial charge in [-0.2, -0.15) is 0 Å². The summed E-state index contributed by atoms with van der Waals surface area (Å²) in [4.78, 5) is 2.04. The Morgan fingerprint density at radius 3 is 2.33 bits per heavy atom.